The van der Waals surface area contributed by atoms with Gasteiger partial charge in [-0.1, -0.05) is 90.5 Å². The lowest BCUT2D eigenvalue weighted by atomic mass is 9.99. The largest absolute Gasteiger partial charge is 0.492 e. The van der Waals surface area contributed by atoms with E-state index in [0.717, 1.165) is 17.6 Å². The van der Waals surface area contributed by atoms with Crippen LogP contribution in [0.2, 0.25) is 0 Å². The third kappa shape index (κ3) is 10.8. The molecule has 1 heterocycles. The number of ketones is 2. The van der Waals surface area contributed by atoms with Crippen LogP contribution in [0, 0.1) is 5.82 Å². The van der Waals surface area contributed by atoms with Gasteiger partial charge in [0.05, 0.1) is 12.6 Å². The highest BCUT2D eigenvalue weighted by Gasteiger charge is 2.22. The molecule has 0 radical (unpaired) electrons. The quantitative estimate of drug-likeness (QED) is 0.0504. The normalized spacial score (nSPS) is 13.1. The first-order chi connectivity index (χ1) is 34.2. The molecule has 0 bridgehead atoms. The number of carbonyl (C=O) groups is 4. The van der Waals surface area contributed by atoms with Gasteiger partial charge < -0.3 is 34.6 Å². The molecule has 10 nitrogen and oxygen atoms in total. The summed E-state index contributed by atoms with van der Waals surface area (Å²) in [5.74, 6) is -0.429. The van der Waals surface area contributed by atoms with Crippen LogP contribution >= 0.6 is 0 Å². The van der Waals surface area contributed by atoms with E-state index >= 15 is 0 Å². The molecule has 9 rings (SSSR count). The van der Waals surface area contributed by atoms with Crippen molar-refractivity contribution in [2.24, 2.45) is 0 Å². The van der Waals surface area contributed by atoms with Crippen molar-refractivity contribution in [2.45, 2.75) is 37.9 Å². The molecule has 0 aliphatic heterocycles. The Bertz CT molecular complexity index is 3250. The number of carboxylic acid groups (broad SMARTS) is 1. The van der Waals surface area contributed by atoms with E-state index in [9.17, 15) is 28.7 Å². The van der Waals surface area contributed by atoms with Crippen LogP contribution in [0.25, 0.3) is 21.8 Å². The predicted octanol–water partition coefficient (Wildman–Crippen LogP) is 12.2. The third-order valence-corrected chi connectivity index (χ3v) is 12.2. The Hall–Kier alpha value is -8.83. The number of allylic oxidation sites excluding steroid dienone is 4. The minimum absolute atomic E-state index is 0.102. The number of aldehydes is 1. The number of hydrogen-bond acceptors (Lipinski definition) is 8. The zero-order valence-electron chi connectivity index (χ0n) is 38.0. The number of halogens is 1. The van der Waals surface area contributed by atoms with E-state index in [-0.39, 0.29) is 29.1 Å². The minimum Gasteiger partial charge on any atom is -0.492 e. The average molecular weight is 930 g/mol. The number of rotatable bonds is 20. The lowest BCUT2D eigenvalue weighted by Crippen LogP contribution is -2.32. The molecule has 7 aromatic carbocycles. The van der Waals surface area contributed by atoms with E-state index in [1.54, 1.807) is 91.0 Å². The predicted molar refractivity (Wildman–Crippen MR) is 271 cm³/mol. The standard InChI is InChI=1S/C59H48FN3O7/c60-43-27-23-41(24-28-43)57(65)51-15-2-6-17-53(51)62-54(59(67)68)37-40-21-30-46(31-22-40)70-47-32-25-42(26-33-47)58(66)50-14-1-5-16-52(50)61-44(38-64)36-39-10-9-11-45(29-20-39)69-35-34-63-55-18-7-3-12-48(55)49-13-4-8-19-56(49)63/h1-9,11-33,38,44,54,61-62H,10,34-37H2,(H,67,68). The maximum Gasteiger partial charge on any atom is 0.326 e. The van der Waals surface area contributed by atoms with Gasteiger partial charge in [-0.3, -0.25) is 9.59 Å². The van der Waals surface area contributed by atoms with Gasteiger partial charge in [0.25, 0.3) is 0 Å². The highest BCUT2D eigenvalue weighted by molar-refractivity contribution is 6.13. The van der Waals surface area contributed by atoms with E-state index in [1.165, 1.54) is 46.1 Å². The molecular weight excluding hydrogens is 882 g/mol. The van der Waals surface area contributed by atoms with Crippen LogP contribution in [0.15, 0.2) is 205 Å². The lowest BCUT2D eigenvalue weighted by Gasteiger charge is -2.18. The summed E-state index contributed by atoms with van der Waals surface area (Å²) in [5.41, 5.74) is 6.37. The molecule has 0 spiro atoms. The SMILES string of the molecule is O=CC(CC1=CC=C(OCCn2c3ccccc3c3ccccc32)C=CC1)Nc1ccccc1C(=O)c1ccc(Oc2ccc(CC(Nc3ccccc3C(=O)c3ccc(F)cc3)C(=O)O)cc2)cc1. The van der Waals surface area contributed by atoms with Crippen molar-refractivity contribution in [3.8, 4) is 11.5 Å². The number of benzene rings is 7. The smallest absolute Gasteiger partial charge is 0.326 e. The number of anilines is 2. The van der Waals surface area contributed by atoms with Crippen LogP contribution < -0.4 is 15.4 Å². The molecule has 348 valence electrons. The lowest BCUT2D eigenvalue weighted by molar-refractivity contribution is -0.137. The summed E-state index contributed by atoms with van der Waals surface area (Å²) in [7, 11) is 0. The van der Waals surface area contributed by atoms with E-state index in [4.69, 9.17) is 9.47 Å². The van der Waals surface area contributed by atoms with Gasteiger partial charge in [-0.2, -0.15) is 0 Å². The number of nitrogens with one attached hydrogen (secondary N) is 2. The summed E-state index contributed by atoms with van der Waals surface area (Å²) >= 11 is 0. The van der Waals surface area contributed by atoms with Gasteiger partial charge in [-0.05, 0) is 128 Å². The first-order valence-corrected chi connectivity index (χ1v) is 23.0. The number of aromatic nitrogens is 1. The molecule has 1 aliphatic carbocycles. The highest BCUT2D eigenvalue weighted by Crippen LogP contribution is 2.30. The number of nitrogens with zero attached hydrogens (tertiary/aromatic N) is 1. The topological polar surface area (TPSA) is 136 Å². The van der Waals surface area contributed by atoms with Gasteiger partial charge in [-0.25, -0.2) is 9.18 Å². The van der Waals surface area contributed by atoms with Gasteiger partial charge in [0.15, 0.2) is 11.6 Å². The van der Waals surface area contributed by atoms with Crippen molar-refractivity contribution in [2.75, 3.05) is 17.2 Å². The number of aliphatic carboxylic acids is 1. The van der Waals surface area contributed by atoms with Crippen LogP contribution in [0.4, 0.5) is 15.8 Å². The van der Waals surface area contributed by atoms with Crippen molar-refractivity contribution < 1.29 is 38.1 Å². The number of carboxylic acids is 1. The number of hydrogen-bond donors (Lipinski definition) is 3. The summed E-state index contributed by atoms with van der Waals surface area (Å²) in [5, 5.41) is 18.9. The zero-order chi connectivity index (χ0) is 48.4. The van der Waals surface area contributed by atoms with Gasteiger partial charge in [0.1, 0.15) is 42.0 Å². The molecule has 0 fully saturated rings. The van der Waals surface area contributed by atoms with Crippen molar-refractivity contribution in [3.05, 3.63) is 239 Å². The van der Waals surface area contributed by atoms with Crippen molar-refractivity contribution >= 4 is 57.0 Å². The Labute approximate surface area is 404 Å². The Morgan fingerprint density at radius 1 is 0.643 bits per heavy atom. The number of fused-ring (bicyclic) bond motifs is 3. The monoisotopic (exact) mass is 929 g/mol. The Morgan fingerprint density at radius 3 is 1.79 bits per heavy atom. The van der Waals surface area contributed by atoms with Crippen LogP contribution in [0.5, 0.6) is 11.5 Å². The summed E-state index contributed by atoms with van der Waals surface area (Å²) in [4.78, 5) is 52.0. The summed E-state index contributed by atoms with van der Waals surface area (Å²) in [6.45, 7) is 1.17. The Morgan fingerprint density at radius 2 is 1.19 bits per heavy atom. The van der Waals surface area contributed by atoms with E-state index in [1.807, 2.05) is 30.4 Å². The molecular formula is C59H48FN3O7. The Kier molecular flexibility index (Phi) is 14.2. The second kappa shape index (κ2) is 21.4. The minimum atomic E-state index is -1.10. The second-order valence-corrected chi connectivity index (χ2v) is 16.9. The highest BCUT2D eigenvalue weighted by atomic mass is 19.1. The van der Waals surface area contributed by atoms with Crippen molar-refractivity contribution in [1.82, 2.24) is 4.57 Å². The van der Waals surface area contributed by atoms with Crippen molar-refractivity contribution in [3.63, 3.8) is 0 Å². The van der Waals surface area contributed by atoms with Crippen LogP contribution in [0.1, 0.15) is 50.2 Å². The first-order valence-electron chi connectivity index (χ1n) is 23.0. The first kappa shape index (κ1) is 46.3. The molecule has 2 unspecified atom stereocenters. The number of carbonyl (C=O) groups excluding carboxylic acids is 3. The fourth-order valence-electron chi connectivity index (χ4n) is 8.67. The molecule has 3 N–H and O–H groups in total. The number of ether oxygens (including phenoxy) is 2. The van der Waals surface area contributed by atoms with E-state index < -0.39 is 23.9 Å². The Balaban J connectivity index is 0.789. The van der Waals surface area contributed by atoms with Crippen LogP contribution in [-0.4, -0.2) is 52.2 Å². The van der Waals surface area contributed by atoms with E-state index in [0.29, 0.717) is 65.6 Å². The molecule has 2 atom stereocenters. The molecule has 0 amide bonds. The average Bonchev–Trinajstić information content (AvgIpc) is 3.53. The third-order valence-electron chi connectivity index (χ3n) is 12.2. The molecule has 1 aromatic heterocycles. The van der Waals surface area contributed by atoms with Gasteiger partial charge in [0, 0.05) is 61.9 Å². The second-order valence-electron chi connectivity index (χ2n) is 16.9. The van der Waals surface area contributed by atoms with E-state index in [2.05, 4.69) is 63.7 Å². The molecule has 70 heavy (non-hydrogen) atoms. The summed E-state index contributed by atoms with van der Waals surface area (Å²) in [6, 6.07) is 47.8. The van der Waals surface area contributed by atoms with Gasteiger partial charge in [0.2, 0.25) is 0 Å². The molecule has 0 saturated heterocycles. The van der Waals surface area contributed by atoms with Crippen LogP contribution in [0.3, 0.4) is 0 Å². The maximum atomic E-state index is 13.9. The maximum absolute atomic E-state index is 13.9. The molecule has 1 aliphatic rings. The zero-order valence-corrected chi connectivity index (χ0v) is 38.0. The van der Waals surface area contributed by atoms with Crippen LogP contribution in [-0.2, 0) is 27.3 Å². The summed E-state index contributed by atoms with van der Waals surface area (Å²) < 4.78 is 28.1. The fourth-order valence-corrected chi connectivity index (χ4v) is 8.67. The fraction of sp³-hybridized carbons (Fsp3) is 0.119. The number of para-hydroxylation sites is 4. The van der Waals surface area contributed by atoms with Gasteiger partial charge >= 0.3 is 5.97 Å². The molecule has 0 saturated carbocycles. The van der Waals surface area contributed by atoms with Crippen molar-refractivity contribution in [1.29, 1.82) is 0 Å². The van der Waals surface area contributed by atoms with Gasteiger partial charge in [-0.15, -0.1) is 0 Å². The molecule has 8 aromatic rings. The molecule has 11 heteroatoms. The summed E-state index contributed by atoms with van der Waals surface area (Å²) in [6.07, 6.45) is 9.99.